The van der Waals surface area contributed by atoms with E-state index < -0.39 is 38.5 Å². The van der Waals surface area contributed by atoms with Gasteiger partial charge in [0.05, 0.1) is 10.5 Å². The fourth-order valence-corrected chi connectivity index (χ4v) is 5.08. The first-order chi connectivity index (χ1) is 14.5. The van der Waals surface area contributed by atoms with Gasteiger partial charge < -0.3 is 9.67 Å². The first kappa shape index (κ1) is 21.4. The average Bonchev–Trinajstić information content (AvgIpc) is 3.00. The lowest BCUT2D eigenvalue weighted by atomic mass is 9.94. The van der Waals surface area contributed by atoms with E-state index in [1.54, 1.807) is 28.8 Å². The number of rotatable bonds is 4. The Morgan fingerprint density at radius 3 is 2.55 bits per heavy atom. The summed E-state index contributed by atoms with van der Waals surface area (Å²) < 4.78 is 66.7. The molecule has 164 valence electrons. The van der Waals surface area contributed by atoms with Gasteiger partial charge in [0.25, 0.3) is 0 Å². The van der Waals surface area contributed by atoms with Crippen LogP contribution in [-0.2, 0) is 33.6 Å². The number of aliphatic carboxylic acids is 1. The number of carboxylic acids is 1. The number of carbonyl (C=O) groups is 1. The van der Waals surface area contributed by atoms with Crippen molar-refractivity contribution < 1.29 is 31.5 Å². The smallest absolute Gasteiger partial charge is 0.416 e. The summed E-state index contributed by atoms with van der Waals surface area (Å²) in [5, 5.41) is 10.4. The Balaban J connectivity index is 1.92. The zero-order valence-electron chi connectivity index (χ0n) is 16.6. The normalized spacial score (nSPS) is 17.0. The van der Waals surface area contributed by atoms with Crippen molar-refractivity contribution in [2.75, 3.05) is 6.26 Å². The van der Waals surface area contributed by atoms with Gasteiger partial charge in [-0.2, -0.15) is 13.2 Å². The number of para-hydroxylation sites is 1. The van der Waals surface area contributed by atoms with Gasteiger partial charge >= 0.3 is 12.1 Å². The van der Waals surface area contributed by atoms with E-state index in [4.69, 9.17) is 0 Å². The Hall–Kier alpha value is -2.81. The van der Waals surface area contributed by atoms with E-state index in [2.05, 4.69) is 0 Å². The third kappa shape index (κ3) is 3.82. The Morgan fingerprint density at radius 2 is 1.90 bits per heavy atom. The zero-order valence-corrected chi connectivity index (χ0v) is 17.4. The molecule has 0 aliphatic carbocycles. The van der Waals surface area contributed by atoms with Gasteiger partial charge in [-0.3, -0.25) is 0 Å². The van der Waals surface area contributed by atoms with E-state index >= 15 is 0 Å². The molecule has 1 atom stereocenters. The Bertz CT molecular complexity index is 1290. The molecule has 1 N–H and O–H groups in total. The summed E-state index contributed by atoms with van der Waals surface area (Å²) >= 11 is 0. The van der Waals surface area contributed by atoms with Crippen molar-refractivity contribution in [3.63, 3.8) is 0 Å². The maximum absolute atomic E-state index is 13.8. The molecule has 2 aromatic carbocycles. The molecule has 0 fully saturated rings. The second kappa shape index (κ2) is 7.40. The third-order valence-corrected chi connectivity index (χ3v) is 6.91. The van der Waals surface area contributed by atoms with E-state index in [0.29, 0.717) is 41.8 Å². The molecule has 0 radical (unpaired) electrons. The van der Waals surface area contributed by atoms with E-state index in [9.17, 15) is 31.5 Å². The lowest BCUT2D eigenvalue weighted by molar-refractivity contribution is -0.141. The number of hydrogen-bond donors (Lipinski definition) is 1. The van der Waals surface area contributed by atoms with Gasteiger partial charge in [0.1, 0.15) is 6.04 Å². The highest BCUT2D eigenvalue weighted by molar-refractivity contribution is 7.90. The van der Waals surface area contributed by atoms with Gasteiger partial charge in [0, 0.05) is 29.3 Å². The number of alkyl halides is 3. The molecule has 0 saturated carbocycles. The van der Waals surface area contributed by atoms with Crippen molar-refractivity contribution in [2.24, 2.45) is 0 Å². The van der Waals surface area contributed by atoms with Crippen LogP contribution >= 0.6 is 0 Å². The molecule has 1 aliphatic heterocycles. The van der Waals surface area contributed by atoms with Gasteiger partial charge in [-0.05, 0) is 48.6 Å². The molecule has 4 rings (SSSR count). The Labute approximate surface area is 177 Å². The quantitative estimate of drug-likeness (QED) is 0.628. The molecule has 2 heterocycles. The summed E-state index contributed by atoms with van der Waals surface area (Å²) in [4.78, 5) is 11.4. The molecule has 1 unspecified atom stereocenters. The summed E-state index contributed by atoms with van der Waals surface area (Å²) in [7, 11) is -3.80. The molecule has 1 aromatic heterocycles. The van der Waals surface area contributed by atoms with Gasteiger partial charge in [-0.1, -0.05) is 24.3 Å². The second-order valence-corrected chi connectivity index (χ2v) is 9.84. The molecule has 0 saturated heterocycles. The van der Waals surface area contributed by atoms with Crippen molar-refractivity contribution in [1.29, 1.82) is 0 Å². The molecule has 0 bridgehead atoms. The van der Waals surface area contributed by atoms with Gasteiger partial charge in [-0.25, -0.2) is 13.2 Å². The topological polar surface area (TPSA) is 76.4 Å². The molecule has 31 heavy (non-hydrogen) atoms. The van der Waals surface area contributed by atoms with Crippen LogP contribution in [0.25, 0.3) is 10.9 Å². The molecule has 0 spiro atoms. The minimum atomic E-state index is -4.73. The second-order valence-electron chi connectivity index (χ2n) is 7.82. The lowest BCUT2D eigenvalue weighted by Crippen LogP contribution is -2.25. The standard InChI is InChI=1S/C22H20F3NO4S/c1-31(29,30)14-10-9-13(17(12-14)22(23,24)25)11-16-15-5-2-3-6-18(15)26-19(16)7-4-8-20(26)21(27)28/h2-3,5-6,9-10,12,20H,4,7-8,11H2,1H3,(H,27,28). The van der Waals surface area contributed by atoms with E-state index in [1.807, 2.05) is 0 Å². The fourth-order valence-electron chi connectivity index (χ4n) is 4.43. The lowest BCUT2D eigenvalue weighted by Gasteiger charge is -2.24. The summed E-state index contributed by atoms with van der Waals surface area (Å²) in [5.74, 6) is -0.971. The Kier molecular flexibility index (Phi) is 5.12. The fraction of sp³-hybridized carbons (Fsp3) is 0.318. The number of aromatic nitrogens is 1. The van der Waals surface area contributed by atoms with Crippen molar-refractivity contribution in [2.45, 2.75) is 42.8 Å². The van der Waals surface area contributed by atoms with E-state index in [1.165, 1.54) is 12.1 Å². The monoisotopic (exact) mass is 451 g/mol. The molecular formula is C22H20F3NO4S. The first-order valence-corrected chi connectivity index (χ1v) is 11.6. The van der Waals surface area contributed by atoms with Crippen LogP contribution in [0, 0.1) is 0 Å². The number of fused-ring (bicyclic) bond motifs is 3. The number of carboxylic acid groups (broad SMARTS) is 1. The van der Waals surface area contributed by atoms with Gasteiger partial charge in [0.15, 0.2) is 9.84 Å². The van der Waals surface area contributed by atoms with Crippen LogP contribution in [0.1, 0.15) is 41.3 Å². The predicted molar refractivity (Wildman–Crippen MR) is 109 cm³/mol. The van der Waals surface area contributed by atoms with Gasteiger partial charge in [0.2, 0.25) is 0 Å². The number of benzene rings is 2. The van der Waals surface area contributed by atoms with Crippen LogP contribution < -0.4 is 0 Å². The predicted octanol–water partition coefficient (Wildman–Crippen LogP) is 4.62. The van der Waals surface area contributed by atoms with Crippen LogP contribution in [0.4, 0.5) is 13.2 Å². The van der Waals surface area contributed by atoms with Crippen LogP contribution in [0.2, 0.25) is 0 Å². The van der Waals surface area contributed by atoms with Crippen LogP contribution in [0.3, 0.4) is 0 Å². The van der Waals surface area contributed by atoms with Crippen molar-refractivity contribution in [3.8, 4) is 0 Å². The highest BCUT2D eigenvalue weighted by atomic mass is 32.2. The summed E-state index contributed by atoms with van der Waals surface area (Å²) in [6.07, 6.45) is -2.29. The highest BCUT2D eigenvalue weighted by Crippen LogP contribution is 2.40. The maximum Gasteiger partial charge on any atom is 0.416 e. The Morgan fingerprint density at radius 1 is 1.19 bits per heavy atom. The zero-order chi connectivity index (χ0) is 22.6. The minimum Gasteiger partial charge on any atom is -0.480 e. The average molecular weight is 451 g/mol. The molecule has 5 nitrogen and oxygen atoms in total. The molecule has 0 amide bonds. The van der Waals surface area contributed by atoms with Crippen LogP contribution in [0.15, 0.2) is 47.4 Å². The molecule has 3 aromatic rings. The van der Waals surface area contributed by atoms with Crippen molar-refractivity contribution in [1.82, 2.24) is 4.57 Å². The minimum absolute atomic E-state index is 0.0449. The SMILES string of the molecule is CS(=O)(=O)c1ccc(Cc2c3n(c4ccccc24)C(C(=O)O)CCC3)c(C(F)(F)F)c1. The molecule has 9 heteroatoms. The summed E-state index contributed by atoms with van der Waals surface area (Å²) in [6, 6.07) is 9.40. The number of halogens is 3. The van der Waals surface area contributed by atoms with Gasteiger partial charge in [-0.15, -0.1) is 0 Å². The molecule has 1 aliphatic rings. The molecular weight excluding hydrogens is 431 g/mol. The third-order valence-electron chi connectivity index (χ3n) is 5.80. The highest BCUT2D eigenvalue weighted by Gasteiger charge is 2.36. The first-order valence-electron chi connectivity index (χ1n) is 9.72. The van der Waals surface area contributed by atoms with E-state index in [0.717, 1.165) is 11.9 Å². The maximum atomic E-state index is 13.8. The van der Waals surface area contributed by atoms with Crippen LogP contribution in [0.5, 0.6) is 0 Å². The van der Waals surface area contributed by atoms with E-state index in [-0.39, 0.29) is 12.0 Å². The summed E-state index contributed by atoms with van der Waals surface area (Å²) in [6.45, 7) is 0. The van der Waals surface area contributed by atoms with Crippen molar-refractivity contribution >= 4 is 26.7 Å². The number of nitrogens with zero attached hydrogens (tertiary/aromatic N) is 1. The summed E-state index contributed by atoms with van der Waals surface area (Å²) in [5.41, 5.74) is 1.02. The van der Waals surface area contributed by atoms with Crippen LogP contribution in [-0.4, -0.2) is 30.3 Å². The largest absolute Gasteiger partial charge is 0.480 e. The van der Waals surface area contributed by atoms with Crippen molar-refractivity contribution in [3.05, 3.63) is 64.8 Å². The number of hydrogen-bond acceptors (Lipinski definition) is 3. The number of sulfone groups is 1.